The Balaban J connectivity index is 1.70. The second-order valence-electron chi connectivity index (χ2n) is 8.41. The first-order valence-corrected chi connectivity index (χ1v) is 10.8. The van der Waals surface area contributed by atoms with Crippen LogP contribution < -0.4 is 4.74 Å². The van der Waals surface area contributed by atoms with Crippen molar-refractivity contribution in [3.63, 3.8) is 0 Å². The van der Waals surface area contributed by atoms with Crippen LogP contribution in [0.3, 0.4) is 0 Å². The Bertz CT molecular complexity index is 1250. The number of halogens is 2. The van der Waals surface area contributed by atoms with Gasteiger partial charge in [0.2, 0.25) is 5.91 Å². The molecule has 1 aliphatic heterocycles. The second-order valence-corrected chi connectivity index (χ2v) is 8.41. The number of carbonyl (C=O) groups is 1. The predicted molar refractivity (Wildman–Crippen MR) is 120 cm³/mol. The molecule has 1 aliphatic rings. The number of hydrogen-bond acceptors (Lipinski definition) is 5. The third kappa shape index (κ3) is 4.36. The quantitative estimate of drug-likeness (QED) is 0.554. The number of amides is 1. The number of benzene rings is 1. The molecule has 2 aromatic heterocycles. The zero-order chi connectivity index (χ0) is 23.6. The highest BCUT2D eigenvalue weighted by atomic mass is 19.3. The highest BCUT2D eigenvalue weighted by molar-refractivity contribution is 5.83. The summed E-state index contributed by atoms with van der Waals surface area (Å²) in [6.45, 7) is 4.84. The minimum absolute atomic E-state index is 0.179. The molecule has 3 aromatic rings. The van der Waals surface area contributed by atoms with E-state index in [1.54, 1.807) is 24.8 Å². The molecule has 1 aromatic carbocycles. The summed E-state index contributed by atoms with van der Waals surface area (Å²) in [5.41, 5.74) is 1.74. The maximum absolute atomic E-state index is 13.6. The van der Waals surface area contributed by atoms with Crippen molar-refractivity contribution >= 4 is 16.9 Å². The van der Waals surface area contributed by atoms with E-state index in [1.165, 1.54) is 18.7 Å². The van der Waals surface area contributed by atoms with Gasteiger partial charge in [0.15, 0.2) is 0 Å². The largest absolute Gasteiger partial charge is 0.490 e. The lowest BCUT2D eigenvalue weighted by atomic mass is 9.90. The molecule has 0 saturated carbocycles. The Hall–Kier alpha value is -3.60. The van der Waals surface area contributed by atoms with Gasteiger partial charge in [0.25, 0.3) is 6.43 Å². The molecule has 0 saturated heterocycles. The van der Waals surface area contributed by atoms with E-state index >= 15 is 0 Å². The van der Waals surface area contributed by atoms with Crippen LogP contribution in [0.15, 0.2) is 43.0 Å². The average Bonchev–Trinajstić information content (AvgIpc) is 3.01. The number of aromatic nitrogens is 3. The van der Waals surface area contributed by atoms with Crippen LogP contribution in [0, 0.1) is 17.3 Å². The minimum Gasteiger partial charge on any atom is -0.490 e. The standard InChI is InChI=1S/C25H24F2N4O2/c1-4-21-18-15-28-14-17(7-5-16-6-8-19-20(13-16)30-10-9-29-19)22(18)33-12-11-31(21)24(32)25(2,3)23(26)27/h6,8-10,13-15,21,23H,4,11-12H2,1-3H3/t21-/m0/s1. The lowest BCUT2D eigenvalue weighted by Gasteiger charge is -2.35. The molecule has 8 heteroatoms. The van der Waals surface area contributed by atoms with Crippen molar-refractivity contribution in [3.05, 3.63) is 59.7 Å². The van der Waals surface area contributed by atoms with Crippen LogP contribution in [0.25, 0.3) is 11.0 Å². The van der Waals surface area contributed by atoms with Gasteiger partial charge in [0, 0.05) is 35.9 Å². The third-order valence-electron chi connectivity index (χ3n) is 5.79. The monoisotopic (exact) mass is 450 g/mol. The van der Waals surface area contributed by atoms with Gasteiger partial charge >= 0.3 is 0 Å². The van der Waals surface area contributed by atoms with Gasteiger partial charge in [-0.25, -0.2) is 8.78 Å². The normalized spacial score (nSPS) is 15.9. The summed E-state index contributed by atoms with van der Waals surface area (Å²) in [5.74, 6) is 6.16. The van der Waals surface area contributed by atoms with E-state index < -0.39 is 23.8 Å². The molecule has 0 fully saturated rings. The predicted octanol–water partition coefficient (Wildman–Crippen LogP) is 4.39. The average molecular weight is 450 g/mol. The highest BCUT2D eigenvalue weighted by Crippen LogP contribution is 2.39. The molecule has 33 heavy (non-hydrogen) atoms. The van der Waals surface area contributed by atoms with Gasteiger partial charge in [-0.3, -0.25) is 19.7 Å². The maximum Gasteiger partial charge on any atom is 0.252 e. The maximum atomic E-state index is 13.6. The van der Waals surface area contributed by atoms with Crippen molar-refractivity contribution in [1.29, 1.82) is 0 Å². The lowest BCUT2D eigenvalue weighted by Crippen LogP contribution is -2.46. The van der Waals surface area contributed by atoms with Gasteiger partial charge in [-0.15, -0.1) is 0 Å². The van der Waals surface area contributed by atoms with E-state index in [9.17, 15) is 13.6 Å². The topological polar surface area (TPSA) is 68.2 Å². The van der Waals surface area contributed by atoms with Crippen molar-refractivity contribution in [2.24, 2.45) is 5.41 Å². The summed E-state index contributed by atoms with van der Waals surface area (Å²) >= 11 is 0. The summed E-state index contributed by atoms with van der Waals surface area (Å²) in [7, 11) is 0. The van der Waals surface area contributed by atoms with Crippen molar-refractivity contribution < 1.29 is 18.3 Å². The Kier molecular flexibility index (Phi) is 6.23. The van der Waals surface area contributed by atoms with Crippen LogP contribution in [0.4, 0.5) is 8.78 Å². The van der Waals surface area contributed by atoms with Crippen LogP contribution >= 0.6 is 0 Å². The molecule has 6 nitrogen and oxygen atoms in total. The molecule has 0 N–H and O–H groups in total. The first kappa shape index (κ1) is 22.6. The number of alkyl halides is 2. The first-order valence-electron chi connectivity index (χ1n) is 10.8. The number of carbonyl (C=O) groups excluding carboxylic acids is 1. The Morgan fingerprint density at radius 1 is 1.21 bits per heavy atom. The van der Waals surface area contributed by atoms with Gasteiger partial charge in [0.1, 0.15) is 17.8 Å². The summed E-state index contributed by atoms with van der Waals surface area (Å²) in [4.78, 5) is 27.4. The van der Waals surface area contributed by atoms with Crippen LogP contribution in [0.5, 0.6) is 5.75 Å². The van der Waals surface area contributed by atoms with E-state index in [4.69, 9.17) is 4.74 Å². The fourth-order valence-electron chi connectivity index (χ4n) is 3.85. The van der Waals surface area contributed by atoms with Crippen molar-refractivity contribution in [2.45, 2.75) is 39.7 Å². The Morgan fingerprint density at radius 2 is 1.97 bits per heavy atom. The zero-order valence-electron chi connectivity index (χ0n) is 18.7. The van der Waals surface area contributed by atoms with E-state index in [0.29, 0.717) is 23.3 Å². The molecule has 0 aliphatic carbocycles. The molecule has 0 radical (unpaired) electrons. The van der Waals surface area contributed by atoms with Crippen molar-refractivity contribution in [2.75, 3.05) is 13.2 Å². The van der Waals surface area contributed by atoms with E-state index in [-0.39, 0.29) is 13.2 Å². The Labute approximate surface area is 191 Å². The molecular weight excluding hydrogens is 426 g/mol. The number of pyridine rings is 1. The molecule has 4 rings (SSSR count). The molecule has 0 unspecified atom stereocenters. The van der Waals surface area contributed by atoms with E-state index in [1.807, 2.05) is 25.1 Å². The van der Waals surface area contributed by atoms with Gasteiger partial charge < -0.3 is 9.64 Å². The SMILES string of the molecule is CC[C@H]1c2cncc(C#Cc3ccc4nccnc4c3)c2OCCN1C(=O)C(C)(C)C(F)F. The summed E-state index contributed by atoms with van der Waals surface area (Å²) in [6, 6.07) is 5.14. The van der Waals surface area contributed by atoms with Crippen LogP contribution in [0.2, 0.25) is 0 Å². The zero-order valence-corrected chi connectivity index (χ0v) is 18.7. The minimum atomic E-state index is -2.77. The van der Waals surface area contributed by atoms with Crippen molar-refractivity contribution in [3.8, 4) is 17.6 Å². The summed E-state index contributed by atoms with van der Waals surface area (Å²) < 4.78 is 33.1. The molecule has 1 amide bonds. The van der Waals surface area contributed by atoms with E-state index in [0.717, 1.165) is 16.6 Å². The number of fused-ring (bicyclic) bond motifs is 2. The van der Waals surface area contributed by atoms with Crippen LogP contribution in [-0.4, -0.2) is 45.3 Å². The smallest absolute Gasteiger partial charge is 0.252 e. The van der Waals surface area contributed by atoms with Gasteiger partial charge in [0.05, 0.1) is 29.2 Å². The second kappa shape index (κ2) is 9.10. The van der Waals surface area contributed by atoms with Gasteiger partial charge in [-0.1, -0.05) is 18.8 Å². The summed E-state index contributed by atoms with van der Waals surface area (Å²) in [5, 5.41) is 0. The van der Waals surface area contributed by atoms with E-state index in [2.05, 4.69) is 26.8 Å². The lowest BCUT2D eigenvalue weighted by molar-refractivity contribution is -0.151. The molecule has 3 heterocycles. The van der Waals surface area contributed by atoms with Crippen LogP contribution in [0.1, 0.15) is 49.9 Å². The molecule has 0 bridgehead atoms. The first-order chi connectivity index (χ1) is 15.8. The Morgan fingerprint density at radius 3 is 2.70 bits per heavy atom. The number of rotatable bonds is 3. The molecule has 170 valence electrons. The number of hydrogen-bond donors (Lipinski definition) is 0. The number of nitrogens with zero attached hydrogens (tertiary/aromatic N) is 4. The van der Waals surface area contributed by atoms with Crippen LogP contribution in [-0.2, 0) is 4.79 Å². The summed E-state index contributed by atoms with van der Waals surface area (Å²) in [6.07, 6.45) is 4.26. The fourth-order valence-corrected chi connectivity index (χ4v) is 3.85. The van der Waals surface area contributed by atoms with Gasteiger partial charge in [-0.2, -0.15) is 0 Å². The third-order valence-corrected chi connectivity index (χ3v) is 5.79. The number of ether oxygens (including phenoxy) is 1. The van der Waals surface area contributed by atoms with Gasteiger partial charge in [-0.05, 0) is 38.5 Å². The molecule has 1 atom stereocenters. The molecular formula is C25H24F2N4O2. The molecule has 0 spiro atoms. The highest BCUT2D eigenvalue weighted by Gasteiger charge is 2.43. The van der Waals surface area contributed by atoms with Crippen molar-refractivity contribution in [1.82, 2.24) is 19.9 Å². The fraction of sp³-hybridized carbons (Fsp3) is 0.360.